The van der Waals surface area contributed by atoms with Crippen LogP contribution in [0.4, 0.5) is 5.69 Å². The highest BCUT2D eigenvalue weighted by atomic mass is 32.2. The normalized spacial score (nSPS) is 10.8. The number of thioether (sulfide) groups is 1. The Bertz CT molecular complexity index is 1090. The number of anilines is 1. The first-order valence-corrected chi connectivity index (χ1v) is 9.73. The minimum atomic E-state index is -0.107. The van der Waals surface area contributed by atoms with Gasteiger partial charge in [0.1, 0.15) is 11.5 Å². The molecule has 2 aromatic carbocycles. The molecule has 4 aromatic rings. The number of carbonyl (C=O) groups excluding carboxylic acids is 1. The van der Waals surface area contributed by atoms with Crippen LogP contribution < -0.4 is 10.1 Å². The number of rotatable bonds is 6. The summed E-state index contributed by atoms with van der Waals surface area (Å²) in [5.74, 6) is 1.63. The zero-order chi connectivity index (χ0) is 19.3. The van der Waals surface area contributed by atoms with Crippen LogP contribution in [-0.2, 0) is 4.79 Å². The highest BCUT2D eigenvalue weighted by Crippen LogP contribution is 2.23. The van der Waals surface area contributed by atoms with Crippen LogP contribution in [0.15, 0.2) is 78.1 Å². The van der Waals surface area contributed by atoms with Gasteiger partial charge in [-0.3, -0.25) is 9.20 Å². The van der Waals surface area contributed by atoms with E-state index in [2.05, 4.69) is 15.5 Å². The zero-order valence-electron chi connectivity index (χ0n) is 15.2. The van der Waals surface area contributed by atoms with Crippen molar-refractivity contribution in [1.29, 1.82) is 0 Å². The minimum Gasteiger partial charge on any atom is -0.457 e. The van der Waals surface area contributed by atoms with Crippen molar-refractivity contribution in [3.05, 3.63) is 78.5 Å². The molecule has 0 aliphatic carbocycles. The summed E-state index contributed by atoms with van der Waals surface area (Å²) < 4.78 is 7.65. The van der Waals surface area contributed by atoms with Crippen molar-refractivity contribution in [2.75, 3.05) is 11.1 Å². The minimum absolute atomic E-state index is 0.107. The van der Waals surface area contributed by atoms with E-state index >= 15 is 0 Å². The van der Waals surface area contributed by atoms with Crippen molar-refractivity contribution in [3.63, 3.8) is 0 Å². The molecule has 0 atom stereocenters. The van der Waals surface area contributed by atoms with E-state index in [-0.39, 0.29) is 11.7 Å². The van der Waals surface area contributed by atoms with Crippen molar-refractivity contribution in [2.24, 2.45) is 0 Å². The first-order chi connectivity index (χ1) is 13.7. The molecule has 0 aliphatic heterocycles. The summed E-state index contributed by atoms with van der Waals surface area (Å²) in [7, 11) is 0. The van der Waals surface area contributed by atoms with E-state index in [1.165, 1.54) is 17.3 Å². The molecule has 2 aromatic heterocycles. The molecule has 4 rings (SSSR count). The number of benzene rings is 2. The lowest BCUT2D eigenvalue weighted by atomic mass is 10.2. The fourth-order valence-electron chi connectivity index (χ4n) is 2.59. The number of carbonyl (C=O) groups is 1. The second kappa shape index (κ2) is 8.14. The zero-order valence-corrected chi connectivity index (χ0v) is 16.0. The van der Waals surface area contributed by atoms with Gasteiger partial charge in [-0.05, 0) is 55.5 Å². The number of pyridine rings is 1. The number of nitrogens with zero attached hydrogens (tertiary/aromatic N) is 3. The Hall–Kier alpha value is -3.32. The van der Waals surface area contributed by atoms with Gasteiger partial charge < -0.3 is 10.1 Å². The van der Waals surface area contributed by atoms with Crippen molar-refractivity contribution in [1.82, 2.24) is 14.6 Å². The molecule has 28 heavy (non-hydrogen) atoms. The molecule has 2 heterocycles. The van der Waals surface area contributed by atoms with Gasteiger partial charge in [0.15, 0.2) is 10.8 Å². The molecule has 0 spiro atoms. The highest BCUT2D eigenvalue weighted by Gasteiger charge is 2.09. The molecule has 0 saturated heterocycles. The van der Waals surface area contributed by atoms with Crippen LogP contribution in [0.2, 0.25) is 0 Å². The number of hydrogen-bond acceptors (Lipinski definition) is 5. The Morgan fingerprint density at radius 2 is 1.71 bits per heavy atom. The number of nitrogens with one attached hydrogen (secondary N) is 1. The average molecular weight is 390 g/mol. The number of aromatic nitrogens is 3. The van der Waals surface area contributed by atoms with Gasteiger partial charge in [0, 0.05) is 11.9 Å². The first kappa shape index (κ1) is 18.1. The number of hydrogen-bond donors (Lipinski definition) is 1. The molecule has 1 N–H and O–H groups in total. The van der Waals surface area contributed by atoms with Crippen LogP contribution in [0.25, 0.3) is 5.65 Å². The van der Waals surface area contributed by atoms with Gasteiger partial charge in [0.2, 0.25) is 5.91 Å². The molecule has 0 saturated carbocycles. The second-order valence-corrected chi connectivity index (χ2v) is 7.13. The summed E-state index contributed by atoms with van der Waals surface area (Å²) >= 11 is 1.34. The van der Waals surface area contributed by atoms with E-state index in [4.69, 9.17) is 4.74 Å². The maximum atomic E-state index is 12.2. The third-order valence-corrected chi connectivity index (χ3v) is 4.95. The molecule has 0 aliphatic rings. The van der Waals surface area contributed by atoms with E-state index in [0.29, 0.717) is 16.6 Å². The molecule has 7 heteroatoms. The maximum absolute atomic E-state index is 12.2. The van der Waals surface area contributed by atoms with Crippen molar-refractivity contribution in [2.45, 2.75) is 12.1 Å². The van der Waals surface area contributed by atoms with E-state index in [9.17, 15) is 4.79 Å². The van der Waals surface area contributed by atoms with E-state index in [0.717, 1.165) is 11.4 Å². The third kappa shape index (κ3) is 4.32. The van der Waals surface area contributed by atoms with Crippen LogP contribution in [0.3, 0.4) is 0 Å². The van der Waals surface area contributed by atoms with E-state index < -0.39 is 0 Å². The van der Waals surface area contributed by atoms with E-state index in [1.54, 1.807) is 0 Å². The fraction of sp³-hybridized carbons (Fsp3) is 0.0952. The molecule has 6 nitrogen and oxygen atoms in total. The maximum Gasteiger partial charge on any atom is 0.234 e. The smallest absolute Gasteiger partial charge is 0.234 e. The number of aryl methyl sites for hydroxylation is 1. The first-order valence-electron chi connectivity index (χ1n) is 8.74. The van der Waals surface area contributed by atoms with Crippen molar-refractivity contribution >= 4 is 29.0 Å². The SMILES string of the molecule is Cc1ccc(Oc2ccc(NC(=O)CSc3nnc4ccccn34)cc2)cc1. The standard InChI is InChI=1S/C21H18N4O2S/c1-15-5-9-17(10-6-15)27-18-11-7-16(8-12-18)22-20(26)14-28-21-24-23-19-4-2-3-13-25(19)21/h2-13H,14H2,1H3,(H,22,26). The average Bonchev–Trinajstić information content (AvgIpc) is 3.13. The molecular weight excluding hydrogens is 372 g/mol. The summed E-state index contributed by atoms with van der Waals surface area (Å²) in [6.45, 7) is 2.03. The van der Waals surface area contributed by atoms with Gasteiger partial charge in [0.25, 0.3) is 0 Å². The monoisotopic (exact) mass is 390 g/mol. The fourth-order valence-corrected chi connectivity index (χ4v) is 3.32. The summed E-state index contributed by atoms with van der Waals surface area (Å²) in [6, 6.07) is 20.8. The van der Waals surface area contributed by atoms with Gasteiger partial charge in [-0.25, -0.2) is 0 Å². The molecule has 140 valence electrons. The molecule has 0 radical (unpaired) electrons. The van der Waals surface area contributed by atoms with E-state index in [1.807, 2.05) is 84.3 Å². The topological polar surface area (TPSA) is 68.5 Å². The van der Waals surface area contributed by atoms with Crippen LogP contribution in [0.5, 0.6) is 11.5 Å². The van der Waals surface area contributed by atoms with Gasteiger partial charge in [-0.2, -0.15) is 0 Å². The third-order valence-electron chi connectivity index (χ3n) is 4.01. The lowest BCUT2D eigenvalue weighted by Crippen LogP contribution is -2.14. The predicted octanol–water partition coefficient (Wildman–Crippen LogP) is 4.56. The van der Waals surface area contributed by atoms with Crippen LogP contribution >= 0.6 is 11.8 Å². The second-order valence-electron chi connectivity index (χ2n) is 6.19. The molecule has 0 bridgehead atoms. The number of ether oxygens (including phenoxy) is 1. The Labute approximate surface area is 166 Å². The van der Waals surface area contributed by atoms with Crippen molar-refractivity contribution in [3.8, 4) is 11.5 Å². The summed E-state index contributed by atoms with van der Waals surface area (Å²) in [5.41, 5.74) is 2.66. The van der Waals surface area contributed by atoms with Crippen molar-refractivity contribution < 1.29 is 9.53 Å². The lowest BCUT2D eigenvalue weighted by molar-refractivity contribution is -0.113. The summed E-state index contributed by atoms with van der Waals surface area (Å²) in [6.07, 6.45) is 1.88. The Balaban J connectivity index is 1.32. The van der Waals surface area contributed by atoms with Gasteiger partial charge in [-0.15, -0.1) is 10.2 Å². The molecule has 0 fully saturated rings. The van der Waals surface area contributed by atoms with Gasteiger partial charge >= 0.3 is 0 Å². The molecular formula is C21H18N4O2S. The van der Waals surface area contributed by atoms with Crippen LogP contribution in [0.1, 0.15) is 5.56 Å². The predicted molar refractivity (Wildman–Crippen MR) is 110 cm³/mol. The largest absolute Gasteiger partial charge is 0.457 e. The van der Waals surface area contributed by atoms with Crippen LogP contribution in [0, 0.1) is 6.92 Å². The molecule has 0 unspecified atom stereocenters. The summed E-state index contributed by atoms with van der Waals surface area (Å²) in [5, 5.41) is 11.8. The lowest BCUT2D eigenvalue weighted by Gasteiger charge is -2.08. The quantitative estimate of drug-likeness (QED) is 0.489. The van der Waals surface area contributed by atoms with Gasteiger partial charge in [-0.1, -0.05) is 35.5 Å². The Kier molecular flexibility index (Phi) is 5.25. The number of fused-ring (bicyclic) bond motifs is 1. The number of amides is 1. The van der Waals surface area contributed by atoms with Gasteiger partial charge in [0.05, 0.1) is 5.75 Å². The Morgan fingerprint density at radius 3 is 2.46 bits per heavy atom. The Morgan fingerprint density at radius 1 is 1.00 bits per heavy atom. The highest BCUT2D eigenvalue weighted by molar-refractivity contribution is 7.99. The summed E-state index contributed by atoms with van der Waals surface area (Å²) in [4.78, 5) is 12.2. The molecule has 1 amide bonds. The van der Waals surface area contributed by atoms with Crippen LogP contribution in [-0.4, -0.2) is 26.3 Å².